The van der Waals surface area contributed by atoms with E-state index in [0.29, 0.717) is 18.4 Å². The van der Waals surface area contributed by atoms with Gasteiger partial charge in [-0.3, -0.25) is 15.1 Å². The molecular weight excluding hydrogens is 256 g/mol. The van der Waals surface area contributed by atoms with Crippen molar-refractivity contribution in [3.05, 3.63) is 58.5 Å². The molecule has 1 aliphatic carbocycles. The van der Waals surface area contributed by atoms with E-state index in [0.717, 1.165) is 18.4 Å². The number of hydrogen-bond donors (Lipinski definition) is 0. The average Bonchev–Trinajstić information content (AvgIpc) is 3.30. The number of hydrogen-bond acceptors (Lipinski definition) is 5. The third-order valence-electron chi connectivity index (χ3n) is 3.30. The second kappa shape index (κ2) is 5.24. The Bertz CT molecular complexity index is 614. The molecule has 3 rings (SSSR count). The van der Waals surface area contributed by atoms with Gasteiger partial charge in [-0.15, -0.1) is 0 Å². The lowest BCUT2D eigenvalue weighted by molar-refractivity contribution is -0.384. The van der Waals surface area contributed by atoms with Crippen LogP contribution in [0, 0.1) is 10.1 Å². The zero-order valence-corrected chi connectivity index (χ0v) is 10.8. The maximum atomic E-state index is 11.1. The predicted molar refractivity (Wildman–Crippen MR) is 74.3 cm³/mol. The molecule has 20 heavy (non-hydrogen) atoms. The minimum absolute atomic E-state index is 0.0586. The van der Waals surface area contributed by atoms with E-state index in [1.54, 1.807) is 24.7 Å². The molecule has 6 nitrogen and oxygen atoms in total. The highest BCUT2D eigenvalue weighted by Gasteiger charge is 2.33. The molecule has 0 spiro atoms. The third-order valence-corrected chi connectivity index (χ3v) is 3.30. The zero-order chi connectivity index (χ0) is 13.9. The van der Waals surface area contributed by atoms with Crippen LogP contribution in [0.1, 0.15) is 18.4 Å². The molecular formula is C14H14N4O2. The van der Waals surface area contributed by atoms with Gasteiger partial charge in [0, 0.05) is 37.2 Å². The van der Waals surface area contributed by atoms with Gasteiger partial charge in [0.15, 0.2) is 0 Å². The molecule has 1 fully saturated rings. The Morgan fingerprint density at radius 2 is 2.10 bits per heavy atom. The average molecular weight is 270 g/mol. The first kappa shape index (κ1) is 12.5. The monoisotopic (exact) mass is 270 g/mol. The molecule has 2 heterocycles. The highest BCUT2D eigenvalue weighted by molar-refractivity contribution is 5.58. The lowest BCUT2D eigenvalue weighted by atomic mass is 10.2. The van der Waals surface area contributed by atoms with Crippen LogP contribution in [-0.4, -0.2) is 20.9 Å². The molecule has 0 bridgehead atoms. The predicted octanol–water partition coefficient (Wildman–Crippen LogP) is 2.55. The van der Waals surface area contributed by atoms with E-state index in [-0.39, 0.29) is 10.6 Å². The maximum absolute atomic E-state index is 11.1. The summed E-state index contributed by atoms with van der Waals surface area (Å²) in [5.74, 6) is 0.448. The molecule has 0 radical (unpaired) electrons. The fraction of sp³-hybridized carbons (Fsp3) is 0.286. The lowest BCUT2D eigenvalue weighted by Gasteiger charge is -2.22. The van der Waals surface area contributed by atoms with Crippen molar-refractivity contribution in [2.24, 2.45) is 0 Å². The van der Waals surface area contributed by atoms with Crippen LogP contribution in [0.2, 0.25) is 0 Å². The first-order valence-corrected chi connectivity index (χ1v) is 6.50. The fourth-order valence-corrected chi connectivity index (χ4v) is 2.20. The number of nitrogens with zero attached hydrogens (tertiary/aromatic N) is 4. The largest absolute Gasteiger partial charge is 0.344 e. The second-order valence-corrected chi connectivity index (χ2v) is 4.82. The van der Waals surface area contributed by atoms with Crippen molar-refractivity contribution in [1.82, 2.24) is 9.97 Å². The van der Waals surface area contributed by atoms with Gasteiger partial charge in [0.2, 0.25) is 5.82 Å². The number of pyridine rings is 2. The minimum Gasteiger partial charge on any atom is -0.344 e. The van der Waals surface area contributed by atoms with Crippen LogP contribution in [-0.2, 0) is 6.54 Å². The van der Waals surface area contributed by atoms with Gasteiger partial charge in [-0.05, 0) is 30.5 Å². The van der Waals surface area contributed by atoms with Crippen molar-refractivity contribution in [2.45, 2.75) is 25.4 Å². The van der Waals surface area contributed by atoms with Crippen LogP contribution in [0.15, 0.2) is 42.9 Å². The van der Waals surface area contributed by atoms with Gasteiger partial charge in [-0.2, -0.15) is 0 Å². The number of nitro groups is 1. The Morgan fingerprint density at radius 1 is 1.30 bits per heavy atom. The lowest BCUT2D eigenvalue weighted by Crippen LogP contribution is -2.26. The van der Waals surface area contributed by atoms with Crippen LogP contribution in [0.5, 0.6) is 0 Å². The van der Waals surface area contributed by atoms with Crippen molar-refractivity contribution in [3.63, 3.8) is 0 Å². The van der Waals surface area contributed by atoms with Crippen molar-refractivity contribution in [3.8, 4) is 0 Å². The maximum Gasteiger partial charge on any atom is 0.311 e. The normalized spacial score (nSPS) is 14.0. The second-order valence-electron chi connectivity index (χ2n) is 4.82. The summed E-state index contributed by atoms with van der Waals surface area (Å²) in [4.78, 5) is 21.1. The van der Waals surface area contributed by atoms with Crippen LogP contribution in [0.4, 0.5) is 11.5 Å². The Morgan fingerprint density at radius 3 is 2.75 bits per heavy atom. The smallest absolute Gasteiger partial charge is 0.311 e. The topological polar surface area (TPSA) is 72.2 Å². The molecule has 1 saturated carbocycles. The first-order valence-electron chi connectivity index (χ1n) is 6.50. The summed E-state index contributed by atoms with van der Waals surface area (Å²) in [7, 11) is 0. The molecule has 0 unspecified atom stereocenters. The van der Waals surface area contributed by atoms with E-state index in [1.165, 1.54) is 6.07 Å². The van der Waals surface area contributed by atoms with Gasteiger partial charge in [-0.25, -0.2) is 4.98 Å². The third kappa shape index (κ3) is 2.59. The molecule has 2 aromatic rings. The van der Waals surface area contributed by atoms with Gasteiger partial charge in [-0.1, -0.05) is 6.07 Å². The summed E-state index contributed by atoms with van der Waals surface area (Å²) in [6.07, 6.45) is 7.20. The summed E-state index contributed by atoms with van der Waals surface area (Å²) in [6, 6.07) is 7.27. The van der Waals surface area contributed by atoms with Crippen LogP contribution in [0.3, 0.4) is 0 Å². The van der Waals surface area contributed by atoms with Crippen LogP contribution >= 0.6 is 0 Å². The van der Waals surface area contributed by atoms with Gasteiger partial charge in [0.1, 0.15) is 0 Å². The molecule has 6 heteroatoms. The van der Waals surface area contributed by atoms with Crippen molar-refractivity contribution in [2.75, 3.05) is 4.90 Å². The summed E-state index contributed by atoms with van der Waals surface area (Å²) in [6.45, 7) is 0.594. The Balaban J connectivity index is 1.93. The SMILES string of the molecule is O=[N+]([O-])c1cccnc1N(Cc1cccnc1)C1CC1. The van der Waals surface area contributed by atoms with Crippen molar-refractivity contribution < 1.29 is 4.92 Å². The van der Waals surface area contributed by atoms with Crippen molar-refractivity contribution in [1.29, 1.82) is 0 Å². The number of anilines is 1. The van der Waals surface area contributed by atoms with Gasteiger partial charge in [0.25, 0.3) is 0 Å². The van der Waals surface area contributed by atoms with E-state index in [9.17, 15) is 10.1 Å². The van der Waals surface area contributed by atoms with E-state index in [1.807, 2.05) is 17.0 Å². The standard InChI is InChI=1S/C14H14N4O2/c19-18(20)13-4-2-8-16-14(13)17(12-5-6-12)10-11-3-1-7-15-9-11/h1-4,7-9,12H,5-6,10H2. The first-order chi connectivity index (χ1) is 9.75. The van der Waals surface area contributed by atoms with Crippen LogP contribution in [0.25, 0.3) is 0 Å². The Hall–Kier alpha value is -2.50. The van der Waals surface area contributed by atoms with Crippen LogP contribution < -0.4 is 4.90 Å². The molecule has 2 aromatic heterocycles. The molecule has 0 amide bonds. The number of aromatic nitrogens is 2. The highest BCUT2D eigenvalue weighted by Crippen LogP contribution is 2.36. The fourth-order valence-electron chi connectivity index (χ4n) is 2.20. The molecule has 0 N–H and O–H groups in total. The summed E-state index contributed by atoms with van der Waals surface area (Å²) in [5, 5.41) is 11.1. The molecule has 1 aliphatic rings. The highest BCUT2D eigenvalue weighted by atomic mass is 16.6. The summed E-state index contributed by atoms with van der Waals surface area (Å²) < 4.78 is 0. The van der Waals surface area contributed by atoms with Gasteiger partial charge < -0.3 is 4.90 Å². The van der Waals surface area contributed by atoms with Crippen molar-refractivity contribution >= 4 is 11.5 Å². The van der Waals surface area contributed by atoms with Gasteiger partial charge >= 0.3 is 5.69 Å². The van der Waals surface area contributed by atoms with E-state index in [4.69, 9.17) is 0 Å². The summed E-state index contributed by atoms with van der Waals surface area (Å²) in [5.41, 5.74) is 1.09. The summed E-state index contributed by atoms with van der Waals surface area (Å²) >= 11 is 0. The molecule has 0 aromatic carbocycles. The molecule has 102 valence electrons. The van der Waals surface area contributed by atoms with E-state index in [2.05, 4.69) is 9.97 Å². The molecule has 0 atom stereocenters. The zero-order valence-electron chi connectivity index (χ0n) is 10.8. The van der Waals surface area contributed by atoms with E-state index < -0.39 is 0 Å². The Labute approximate surface area is 116 Å². The molecule has 0 saturated heterocycles. The molecule has 0 aliphatic heterocycles. The quantitative estimate of drug-likeness (QED) is 0.616. The number of rotatable bonds is 5. The van der Waals surface area contributed by atoms with Gasteiger partial charge in [0.05, 0.1) is 4.92 Å². The van der Waals surface area contributed by atoms with E-state index >= 15 is 0 Å². The minimum atomic E-state index is -0.374. The Kier molecular flexibility index (Phi) is 3.28.